The first-order chi connectivity index (χ1) is 8.78. The average molecular weight is 312 g/mol. The Morgan fingerprint density at radius 1 is 1.28 bits per heavy atom. The van der Waals surface area contributed by atoms with Crippen molar-refractivity contribution < 1.29 is 9.47 Å². The summed E-state index contributed by atoms with van der Waals surface area (Å²) >= 11 is 3.61. The van der Waals surface area contributed by atoms with E-state index in [4.69, 9.17) is 9.47 Å². The van der Waals surface area contributed by atoms with Crippen molar-refractivity contribution in [1.82, 2.24) is 5.32 Å². The third kappa shape index (κ3) is 2.50. The second-order valence-electron chi connectivity index (χ2n) is 5.00. The molecule has 0 bridgehead atoms. The first kappa shape index (κ1) is 12.3. The fourth-order valence-electron chi connectivity index (χ4n) is 2.38. The van der Waals surface area contributed by atoms with E-state index < -0.39 is 0 Å². The quantitative estimate of drug-likeness (QED) is 0.924. The summed E-state index contributed by atoms with van der Waals surface area (Å²) in [5.74, 6) is 1.68. The van der Waals surface area contributed by atoms with E-state index in [1.807, 2.05) is 0 Å². The summed E-state index contributed by atoms with van der Waals surface area (Å²) in [6.07, 6.45) is 5.12. The van der Waals surface area contributed by atoms with Gasteiger partial charge in [0, 0.05) is 6.04 Å². The molecule has 1 unspecified atom stereocenters. The summed E-state index contributed by atoms with van der Waals surface area (Å²) in [6.45, 7) is 1.10. The van der Waals surface area contributed by atoms with Crippen LogP contribution in [0.25, 0.3) is 0 Å². The fraction of sp³-hybridized carbons (Fsp3) is 0.571. The van der Waals surface area contributed by atoms with Crippen molar-refractivity contribution >= 4 is 15.9 Å². The first-order valence-corrected chi connectivity index (χ1v) is 7.34. The molecule has 0 radical (unpaired) electrons. The zero-order chi connectivity index (χ0) is 12.5. The van der Waals surface area contributed by atoms with Gasteiger partial charge in [0.15, 0.2) is 11.5 Å². The largest absolute Gasteiger partial charge is 0.493 e. The molecule has 0 spiro atoms. The van der Waals surface area contributed by atoms with Crippen molar-refractivity contribution in [3.05, 3.63) is 22.2 Å². The molecule has 0 amide bonds. The molecule has 4 heteroatoms. The minimum Gasteiger partial charge on any atom is -0.493 e. The van der Waals surface area contributed by atoms with Crippen LogP contribution in [0.4, 0.5) is 0 Å². The maximum atomic E-state index is 5.90. The molecule has 1 saturated carbocycles. The zero-order valence-corrected chi connectivity index (χ0v) is 12.1. The lowest BCUT2D eigenvalue weighted by Crippen LogP contribution is -2.13. The lowest BCUT2D eigenvalue weighted by Gasteiger charge is -2.17. The van der Waals surface area contributed by atoms with E-state index in [9.17, 15) is 0 Å². The molecule has 98 valence electrons. The molecule has 1 saturated heterocycles. The number of rotatable bonds is 4. The maximum absolute atomic E-state index is 5.90. The molecule has 0 aromatic heterocycles. The molecular formula is C14H18BrNO2. The van der Waals surface area contributed by atoms with Crippen LogP contribution in [0.2, 0.25) is 0 Å². The molecule has 1 heterocycles. The second kappa shape index (κ2) is 5.10. The van der Waals surface area contributed by atoms with Gasteiger partial charge >= 0.3 is 0 Å². The summed E-state index contributed by atoms with van der Waals surface area (Å²) in [6, 6.07) is 4.71. The number of ether oxygens (including phenoxy) is 2. The SMILES string of the molecule is COc1cc(C2CCCN2)cc(Br)c1OC1CC1. The van der Waals surface area contributed by atoms with Crippen molar-refractivity contribution in [3.63, 3.8) is 0 Å². The Morgan fingerprint density at radius 3 is 2.72 bits per heavy atom. The van der Waals surface area contributed by atoms with E-state index in [0.29, 0.717) is 12.1 Å². The van der Waals surface area contributed by atoms with Gasteiger partial charge in [-0.2, -0.15) is 0 Å². The molecule has 1 aliphatic carbocycles. The van der Waals surface area contributed by atoms with E-state index >= 15 is 0 Å². The van der Waals surface area contributed by atoms with Crippen molar-refractivity contribution in [3.8, 4) is 11.5 Å². The highest BCUT2D eigenvalue weighted by Gasteiger charge is 2.27. The van der Waals surface area contributed by atoms with Crippen molar-refractivity contribution in [2.75, 3.05) is 13.7 Å². The summed E-state index contributed by atoms with van der Waals surface area (Å²) in [5.41, 5.74) is 1.28. The molecule has 1 N–H and O–H groups in total. The monoisotopic (exact) mass is 311 g/mol. The normalized spacial score (nSPS) is 23.1. The Kier molecular flexibility index (Phi) is 3.48. The lowest BCUT2D eigenvalue weighted by molar-refractivity contribution is 0.280. The van der Waals surface area contributed by atoms with Crippen molar-refractivity contribution in [1.29, 1.82) is 0 Å². The molecule has 3 rings (SSSR count). The predicted molar refractivity (Wildman–Crippen MR) is 74.3 cm³/mol. The summed E-state index contributed by atoms with van der Waals surface area (Å²) in [4.78, 5) is 0. The van der Waals surface area contributed by atoms with Gasteiger partial charge in [-0.3, -0.25) is 0 Å². The fourth-order valence-corrected chi connectivity index (χ4v) is 2.93. The molecule has 2 aliphatic rings. The first-order valence-electron chi connectivity index (χ1n) is 6.55. The summed E-state index contributed by atoms with van der Waals surface area (Å²) in [5, 5.41) is 3.51. The number of halogens is 1. The average Bonchev–Trinajstić information content (AvgIpc) is 3.02. The highest BCUT2D eigenvalue weighted by molar-refractivity contribution is 9.10. The molecule has 1 aliphatic heterocycles. The van der Waals surface area contributed by atoms with Gasteiger partial charge in [-0.15, -0.1) is 0 Å². The maximum Gasteiger partial charge on any atom is 0.175 e. The van der Waals surface area contributed by atoms with Crippen molar-refractivity contribution in [2.24, 2.45) is 0 Å². The van der Waals surface area contributed by atoms with Gasteiger partial charge in [-0.05, 0) is 65.9 Å². The van der Waals surface area contributed by atoms with Crippen LogP contribution in [0, 0.1) is 0 Å². The van der Waals surface area contributed by atoms with E-state index in [2.05, 4.69) is 33.4 Å². The van der Waals surface area contributed by atoms with Gasteiger partial charge in [0.2, 0.25) is 0 Å². The molecule has 1 atom stereocenters. The minimum atomic E-state index is 0.380. The van der Waals surface area contributed by atoms with Gasteiger partial charge in [0.05, 0.1) is 17.7 Å². The lowest BCUT2D eigenvalue weighted by atomic mass is 10.0. The molecular weight excluding hydrogens is 294 g/mol. The van der Waals surface area contributed by atoms with Gasteiger partial charge in [-0.1, -0.05) is 0 Å². The summed E-state index contributed by atoms with van der Waals surface area (Å²) in [7, 11) is 1.70. The summed E-state index contributed by atoms with van der Waals surface area (Å²) < 4.78 is 12.4. The van der Waals surface area contributed by atoms with Crippen LogP contribution in [0.5, 0.6) is 11.5 Å². The Bertz CT molecular complexity index is 440. The van der Waals surface area contributed by atoms with Crippen LogP contribution in [0.15, 0.2) is 16.6 Å². The van der Waals surface area contributed by atoms with E-state index in [-0.39, 0.29) is 0 Å². The Balaban J connectivity index is 1.90. The molecule has 1 aromatic carbocycles. The zero-order valence-electron chi connectivity index (χ0n) is 10.5. The smallest absolute Gasteiger partial charge is 0.175 e. The minimum absolute atomic E-state index is 0.380. The third-order valence-electron chi connectivity index (χ3n) is 3.52. The van der Waals surface area contributed by atoms with Gasteiger partial charge in [-0.25, -0.2) is 0 Å². The number of methoxy groups -OCH3 is 1. The number of benzene rings is 1. The van der Waals surface area contributed by atoms with Crippen LogP contribution in [-0.2, 0) is 0 Å². The highest BCUT2D eigenvalue weighted by atomic mass is 79.9. The number of nitrogens with one attached hydrogen (secondary N) is 1. The van der Waals surface area contributed by atoms with Crippen LogP contribution >= 0.6 is 15.9 Å². The van der Waals surface area contributed by atoms with Gasteiger partial charge in [0.1, 0.15) is 0 Å². The van der Waals surface area contributed by atoms with Crippen LogP contribution < -0.4 is 14.8 Å². The van der Waals surface area contributed by atoms with Crippen LogP contribution in [-0.4, -0.2) is 19.8 Å². The Labute approximate surface area is 116 Å². The molecule has 18 heavy (non-hydrogen) atoms. The van der Waals surface area contributed by atoms with Gasteiger partial charge in [0.25, 0.3) is 0 Å². The molecule has 1 aromatic rings. The van der Waals surface area contributed by atoms with E-state index in [1.54, 1.807) is 7.11 Å². The Morgan fingerprint density at radius 2 is 2.11 bits per heavy atom. The van der Waals surface area contributed by atoms with Crippen molar-refractivity contribution in [2.45, 2.75) is 37.8 Å². The third-order valence-corrected chi connectivity index (χ3v) is 4.11. The van der Waals surface area contributed by atoms with Gasteiger partial charge < -0.3 is 14.8 Å². The Hall–Kier alpha value is -0.740. The van der Waals surface area contributed by atoms with Crippen LogP contribution in [0.1, 0.15) is 37.3 Å². The standard InChI is InChI=1S/C14H18BrNO2/c1-17-13-8-9(12-3-2-6-16-12)7-11(15)14(13)18-10-4-5-10/h7-8,10,12,16H,2-6H2,1H3. The topological polar surface area (TPSA) is 30.5 Å². The highest BCUT2D eigenvalue weighted by Crippen LogP contribution is 2.42. The number of hydrogen-bond donors (Lipinski definition) is 1. The molecule has 2 fully saturated rings. The van der Waals surface area contributed by atoms with E-state index in [1.165, 1.54) is 18.4 Å². The number of hydrogen-bond acceptors (Lipinski definition) is 3. The molecule has 3 nitrogen and oxygen atoms in total. The van der Waals surface area contributed by atoms with E-state index in [0.717, 1.165) is 35.4 Å². The second-order valence-corrected chi connectivity index (χ2v) is 5.85. The van der Waals surface area contributed by atoms with Crippen LogP contribution in [0.3, 0.4) is 0 Å². The predicted octanol–water partition coefficient (Wildman–Crippen LogP) is 3.42.